The van der Waals surface area contributed by atoms with Crippen LogP contribution in [0.15, 0.2) is 30.3 Å². The maximum Gasteiger partial charge on any atom is 0.137 e. The van der Waals surface area contributed by atoms with E-state index in [4.69, 9.17) is 5.73 Å². The summed E-state index contributed by atoms with van der Waals surface area (Å²) in [6.07, 6.45) is 2.63. The Labute approximate surface area is 84.1 Å². The third-order valence-electron chi connectivity index (χ3n) is 2.68. The van der Waals surface area contributed by atoms with Crippen LogP contribution in [0.1, 0.15) is 30.9 Å². The normalized spacial score (nSPS) is 17.8. The molecule has 2 heteroatoms. The fourth-order valence-electron chi connectivity index (χ4n) is 1.61. The van der Waals surface area contributed by atoms with Crippen LogP contribution in [0.25, 0.3) is 0 Å². The Bertz CT molecular complexity index is 316. The minimum Gasteiger partial charge on any atom is -0.324 e. The summed E-state index contributed by atoms with van der Waals surface area (Å²) in [6.45, 7) is 0. The zero-order valence-corrected chi connectivity index (χ0v) is 8.15. The minimum absolute atomic E-state index is 0.121. The van der Waals surface area contributed by atoms with Gasteiger partial charge in [-0.15, -0.1) is 0 Å². The van der Waals surface area contributed by atoms with Crippen molar-refractivity contribution >= 4 is 5.78 Å². The summed E-state index contributed by atoms with van der Waals surface area (Å²) in [5.41, 5.74) is 7.00. The fourth-order valence-corrected chi connectivity index (χ4v) is 1.61. The Kier molecular flexibility index (Phi) is 2.64. The third kappa shape index (κ3) is 2.20. The molecule has 0 bridgehead atoms. The zero-order chi connectivity index (χ0) is 9.97. The van der Waals surface area contributed by atoms with Crippen molar-refractivity contribution in [3.63, 3.8) is 0 Å². The summed E-state index contributed by atoms with van der Waals surface area (Å²) in [7, 11) is 0. The van der Waals surface area contributed by atoms with E-state index < -0.39 is 0 Å². The van der Waals surface area contributed by atoms with Crippen molar-refractivity contribution in [2.45, 2.75) is 25.3 Å². The molecule has 0 aliphatic heterocycles. The van der Waals surface area contributed by atoms with E-state index in [1.165, 1.54) is 0 Å². The molecular weight excluding hydrogens is 174 g/mol. The predicted octanol–water partition coefficient (Wildman–Crippen LogP) is 2.06. The lowest BCUT2D eigenvalue weighted by molar-refractivity contribution is -0.120. The lowest BCUT2D eigenvalue weighted by Crippen LogP contribution is -2.16. The smallest absolute Gasteiger partial charge is 0.137 e. The summed E-state index contributed by atoms with van der Waals surface area (Å²) < 4.78 is 0. The number of carbonyl (C=O) groups excluding carboxylic acids is 1. The van der Waals surface area contributed by atoms with Crippen LogP contribution in [0.4, 0.5) is 0 Å². The van der Waals surface area contributed by atoms with Gasteiger partial charge in [-0.25, -0.2) is 0 Å². The van der Waals surface area contributed by atoms with E-state index >= 15 is 0 Å². The molecule has 1 aromatic rings. The molecule has 0 amide bonds. The van der Waals surface area contributed by atoms with Crippen LogP contribution in [0.3, 0.4) is 0 Å². The molecule has 1 saturated carbocycles. The molecule has 0 heterocycles. The van der Waals surface area contributed by atoms with Crippen LogP contribution in [-0.2, 0) is 4.79 Å². The van der Waals surface area contributed by atoms with Gasteiger partial charge < -0.3 is 5.73 Å². The van der Waals surface area contributed by atoms with Crippen molar-refractivity contribution in [2.24, 2.45) is 11.7 Å². The van der Waals surface area contributed by atoms with Crippen molar-refractivity contribution in [2.75, 3.05) is 0 Å². The van der Waals surface area contributed by atoms with Gasteiger partial charge in [-0.2, -0.15) is 0 Å². The van der Waals surface area contributed by atoms with Gasteiger partial charge >= 0.3 is 0 Å². The van der Waals surface area contributed by atoms with Crippen molar-refractivity contribution in [1.82, 2.24) is 0 Å². The number of benzene rings is 1. The van der Waals surface area contributed by atoms with Gasteiger partial charge in [-0.3, -0.25) is 4.79 Å². The maximum atomic E-state index is 11.5. The molecule has 0 saturated heterocycles. The lowest BCUT2D eigenvalue weighted by atomic mass is 10.0. The monoisotopic (exact) mass is 189 g/mol. The summed E-state index contributed by atoms with van der Waals surface area (Å²) in [4.78, 5) is 11.5. The molecule has 1 unspecified atom stereocenters. The van der Waals surface area contributed by atoms with Gasteiger partial charge in [0.15, 0.2) is 0 Å². The molecule has 0 radical (unpaired) electrons. The molecule has 0 spiro atoms. The highest BCUT2D eigenvalue weighted by atomic mass is 16.1. The number of carbonyl (C=O) groups is 1. The molecule has 14 heavy (non-hydrogen) atoms. The number of rotatable bonds is 4. The van der Waals surface area contributed by atoms with Gasteiger partial charge in [0, 0.05) is 18.4 Å². The topological polar surface area (TPSA) is 43.1 Å². The average molecular weight is 189 g/mol. The standard InChI is InChI=1S/C12H15NO/c13-11(8-12(14)10-6-7-10)9-4-2-1-3-5-9/h1-5,10-11H,6-8,13H2. The quantitative estimate of drug-likeness (QED) is 0.787. The van der Waals surface area contributed by atoms with Gasteiger partial charge in [0.1, 0.15) is 5.78 Å². The second-order valence-electron chi connectivity index (χ2n) is 3.96. The number of hydrogen-bond donors (Lipinski definition) is 1. The fraction of sp³-hybridized carbons (Fsp3) is 0.417. The maximum absolute atomic E-state index is 11.5. The highest BCUT2D eigenvalue weighted by Crippen LogP contribution is 2.32. The van der Waals surface area contributed by atoms with Crippen molar-refractivity contribution in [1.29, 1.82) is 0 Å². The van der Waals surface area contributed by atoms with E-state index in [1.807, 2.05) is 30.3 Å². The van der Waals surface area contributed by atoms with Crippen molar-refractivity contribution < 1.29 is 4.79 Å². The third-order valence-corrected chi connectivity index (χ3v) is 2.68. The summed E-state index contributed by atoms with van der Waals surface area (Å²) in [5, 5.41) is 0. The van der Waals surface area contributed by atoms with Gasteiger partial charge in [0.25, 0.3) is 0 Å². The van der Waals surface area contributed by atoms with Crippen molar-refractivity contribution in [3.05, 3.63) is 35.9 Å². The molecule has 1 aliphatic carbocycles. The Balaban J connectivity index is 1.95. The zero-order valence-electron chi connectivity index (χ0n) is 8.15. The van der Waals surface area contributed by atoms with Crippen LogP contribution < -0.4 is 5.73 Å². The Morgan fingerprint density at radius 2 is 2.00 bits per heavy atom. The first-order chi connectivity index (χ1) is 6.77. The Hall–Kier alpha value is -1.15. The Morgan fingerprint density at radius 1 is 1.36 bits per heavy atom. The second kappa shape index (κ2) is 3.93. The highest BCUT2D eigenvalue weighted by molar-refractivity contribution is 5.83. The molecule has 74 valence electrons. The van der Waals surface area contributed by atoms with Crippen LogP contribution in [0.5, 0.6) is 0 Å². The van der Waals surface area contributed by atoms with Crippen LogP contribution in [0, 0.1) is 5.92 Å². The summed E-state index contributed by atoms with van der Waals surface area (Å²) in [5.74, 6) is 0.658. The number of ketones is 1. The second-order valence-corrected chi connectivity index (χ2v) is 3.96. The SMILES string of the molecule is NC(CC(=O)C1CC1)c1ccccc1. The van der Waals surface area contributed by atoms with E-state index in [2.05, 4.69) is 0 Å². The number of hydrogen-bond acceptors (Lipinski definition) is 2. The Morgan fingerprint density at radius 3 is 2.57 bits per heavy atom. The first-order valence-corrected chi connectivity index (χ1v) is 5.10. The molecule has 1 atom stereocenters. The summed E-state index contributed by atoms with van der Waals surface area (Å²) in [6, 6.07) is 9.70. The van der Waals surface area contributed by atoms with Crippen LogP contribution in [0.2, 0.25) is 0 Å². The molecule has 2 nitrogen and oxygen atoms in total. The predicted molar refractivity (Wildman–Crippen MR) is 55.7 cm³/mol. The van der Waals surface area contributed by atoms with E-state index in [0.29, 0.717) is 18.1 Å². The molecule has 1 aliphatic rings. The van der Waals surface area contributed by atoms with E-state index in [1.54, 1.807) is 0 Å². The lowest BCUT2D eigenvalue weighted by Gasteiger charge is -2.10. The van der Waals surface area contributed by atoms with Gasteiger partial charge in [0.2, 0.25) is 0 Å². The van der Waals surface area contributed by atoms with E-state index in [9.17, 15) is 4.79 Å². The number of Topliss-reactive ketones (excluding diaryl/α,β-unsaturated/α-hetero) is 1. The van der Waals surface area contributed by atoms with Gasteiger partial charge in [-0.05, 0) is 18.4 Å². The van der Waals surface area contributed by atoms with E-state index in [-0.39, 0.29) is 6.04 Å². The van der Waals surface area contributed by atoms with Crippen LogP contribution >= 0.6 is 0 Å². The highest BCUT2D eigenvalue weighted by Gasteiger charge is 2.30. The van der Waals surface area contributed by atoms with E-state index in [0.717, 1.165) is 18.4 Å². The minimum atomic E-state index is -0.121. The molecular formula is C12H15NO. The van der Waals surface area contributed by atoms with Gasteiger partial charge in [-0.1, -0.05) is 30.3 Å². The average Bonchev–Trinajstić information content (AvgIpc) is 3.02. The first kappa shape index (κ1) is 9.41. The number of nitrogens with two attached hydrogens (primary N) is 1. The molecule has 0 aromatic heterocycles. The van der Waals surface area contributed by atoms with Crippen molar-refractivity contribution in [3.8, 4) is 0 Å². The molecule has 2 rings (SSSR count). The first-order valence-electron chi connectivity index (χ1n) is 5.10. The largest absolute Gasteiger partial charge is 0.324 e. The molecule has 1 aromatic carbocycles. The summed E-state index contributed by atoms with van der Waals surface area (Å²) >= 11 is 0. The molecule has 2 N–H and O–H groups in total. The van der Waals surface area contributed by atoms with Gasteiger partial charge in [0.05, 0.1) is 0 Å². The molecule has 1 fully saturated rings. The van der Waals surface area contributed by atoms with Crippen LogP contribution in [-0.4, -0.2) is 5.78 Å².